The van der Waals surface area contributed by atoms with Gasteiger partial charge in [0.05, 0.1) is 0 Å². The van der Waals surface area contributed by atoms with Gasteiger partial charge in [-0.05, 0) is 37.0 Å². The predicted molar refractivity (Wildman–Crippen MR) is 78.8 cm³/mol. The van der Waals surface area contributed by atoms with Crippen LogP contribution in [0.2, 0.25) is 0 Å². The van der Waals surface area contributed by atoms with Gasteiger partial charge < -0.3 is 5.32 Å². The average molecular weight is 252 g/mol. The second-order valence-electron chi connectivity index (χ2n) is 8.28. The van der Waals surface area contributed by atoms with Gasteiger partial charge in [-0.15, -0.1) is 0 Å². The van der Waals surface area contributed by atoms with Gasteiger partial charge in [0, 0.05) is 31.2 Å². The zero-order valence-electron chi connectivity index (χ0n) is 13.2. The fourth-order valence-electron chi connectivity index (χ4n) is 3.56. The molecule has 0 amide bonds. The van der Waals surface area contributed by atoms with E-state index in [9.17, 15) is 0 Å². The summed E-state index contributed by atoms with van der Waals surface area (Å²) < 4.78 is 0. The van der Waals surface area contributed by atoms with E-state index in [1.807, 2.05) is 0 Å². The third-order valence-electron chi connectivity index (χ3n) is 4.75. The van der Waals surface area contributed by atoms with Gasteiger partial charge in [-0.3, -0.25) is 4.90 Å². The molecule has 0 aromatic carbocycles. The Labute approximate surface area is 114 Å². The summed E-state index contributed by atoms with van der Waals surface area (Å²) in [5, 5.41) is 3.88. The first-order chi connectivity index (χ1) is 8.22. The van der Waals surface area contributed by atoms with E-state index in [1.54, 1.807) is 0 Å². The van der Waals surface area contributed by atoms with Crippen LogP contribution in [0.4, 0.5) is 0 Å². The molecule has 2 heteroatoms. The molecule has 2 aliphatic rings. The summed E-state index contributed by atoms with van der Waals surface area (Å²) in [4.78, 5) is 2.76. The number of piperazine rings is 1. The Kier molecular flexibility index (Phi) is 3.81. The summed E-state index contributed by atoms with van der Waals surface area (Å²) >= 11 is 0. The lowest BCUT2D eigenvalue weighted by molar-refractivity contribution is 0.0130. The van der Waals surface area contributed by atoms with Crippen molar-refractivity contribution in [3.05, 3.63) is 0 Å². The van der Waals surface area contributed by atoms with Gasteiger partial charge in [0.1, 0.15) is 0 Å². The quantitative estimate of drug-likeness (QED) is 0.830. The lowest BCUT2D eigenvalue weighted by Crippen LogP contribution is -2.67. The third kappa shape index (κ3) is 3.08. The van der Waals surface area contributed by atoms with Crippen LogP contribution < -0.4 is 5.32 Å². The number of hydrogen-bond donors (Lipinski definition) is 1. The van der Waals surface area contributed by atoms with Crippen molar-refractivity contribution in [1.29, 1.82) is 0 Å². The summed E-state index contributed by atoms with van der Waals surface area (Å²) in [7, 11) is 0. The monoisotopic (exact) mass is 252 g/mol. The molecule has 1 aliphatic carbocycles. The van der Waals surface area contributed by atoms with Crippen LogP contribution in [0.3, 0.4) is 0 Å². The van der Waals surface area contributed by atoms with Crippen molar-refractivity contribution in [2.45, 2.75) is 66.0 Å². The van der Waals surface area contributed by atoms with Crippen LogP contribution in [0.1, 0.15) is 54.4 Å². The molecule has 1 aliphatic heterocycles. The first kappa shape index (κ1) is 14.3. The Hall–Kier alpha value is -0.0800. The molecule has 0 spiro atoms. The molecule has 2 unspecified atom stereocenters. The van der Waals surface area contributed by atoms with E-state index in [0.29, 0.717) is 17.0 Å². The first-order valence-corrected chi connectivity index (χ1v) is 7.71. The highest BCUT2D eigenvalue weighted by molar-refractivity contribution is 5.05. The van der Waals surface area contributed by atoms with Gasteiger partial charge in [-0.25, -0.2) is 0 Å². The Morgan fingerprint density at radius 3 is 2.33 bits per heavy atom. The second kappa shape index (κ2) is 4.79. The lowest BCUT2D eigenvalue weighted by Gasteiger charge is -2.51. The van der Waals surface area contributed by atoms with E-state index in [-0.39, 0.29) is 0 Å². The molecule has 1 heterocycles. The Morgan fingerprint density at radius 2 is 1.89 bits per heavy atom. The van der Waals surface area contributed by atoms with Gasteiger partial charge in [-0.2, -0.15) is 0 Å². The molecule has 0 radical (unpaired) electrons. The topological polar surface area (TPSA) is 15.3 Å². The maximum atomic E-state index is 3.88. The van der Waals surface area contributed by atoms with Crippen molar-refractivity contribution in [2.75, 3.05) is 19.6 Å². The van der Waals surface area contributed by atoms with Crippen LogP contribution in [-0.4, -0.2) is 36.1 Å². The highest BCUT2D eigenvalue weighted by atomic mass is 15.3. The summed E-state index contributed by atoms with van der Waals surface area (Å²) in [5.41, 5.74) is 0.739. The molecule has 2 fully saturated rings. The highest BCUT2D eigenvalue weighted by Crippen LogP contribution is 2.42. The molecule has 1 saturated carbocycles. The zero-order valence-corrected chi connectivity index (χ0v) is 13.2. The molecule has 0 aromatic rings. The van der Waals surface area contributed by atoms with Gasteiger partial charge in [-0.1, -0.05) is 34.6 Å². The van der Waals surface area contributed by atoms with Crippen molar-refractivity contribution >= 4 is 0 Å². The minimum absolute atomic E-state index is 0.368. The third-order valence-corrected chi connectivity index (χ3v) is 4.75. The van der Waals surface area contributed by atoms with Crippen LogP contribution in [0.5, 0.6) is 0 Å². The zero-order chi connectivity index (χ0) is 13.6. The van der Waals surface area contributed by atoms with Crippen molar-refractivity contribution in [3.8, 4) is 0 Å². The maximum absolute atomic E-state index is 3.88. The molecule has 0 aromatic heterocycles. The Balaban J connectivity index is 2.09. The smallest absolute Gasteiger partial charge is 0.0309 e. The fourth-order valence-corrected chi connectivity index (χ4v) is 3.56. The standard InChI is InChI=1S/C16H32N2/c1-12(2)10-18-11-16(6,13-7-8-13)17-9-14(18)15(3,4)5/h12-14,17H,7-11H2,1-6H3. The lowest BCUT2D eigenvalue weighted by atomic mass is 9.80. The predicted octanol–water partition coefficient (Wildman–Crippen LogP) is 3.13. The van der Waals surface area contributed by atoms with Gasteiger partial charge in [0.15, 0.2) is 0 Å². The SMILES string of the molecule is CC(C)CN1CC(C)(C2CC2)NCC1C(C)(C)C. The normalized spacial score (nSPS) is 35.2. The second-order valence-corrected chi connectivity index (χ2v) is 8.28. The first-order valence-electron chi connectivity index (χ1n) is 7.71. The van der Waals surface area contributed by atoms with Crippen molar-refractivity contribution in [3.63, 3.8) is 0 Å². The van der Waals surface area contributed by atoms with E-state index in [4.69, 9.17) is 0 Å². The Bertz CT molecular complexity index is 288. The summed E-state index contributed by atoms with van der Waals surface area (Å²) in [5.74, 6) is 1.68. The molecule has 0 bridgehead atoms. The summed E-state index contributed by atoms with van der Waals surface area (Å²) in [6.07, 6.45) is 2.86. The summed E-state index contributed by atoms with van der Waals surface area (Å²) in [6.45, 7) is 17.9. The maximum Gasteiger partial charge on any atom is 0.0309 e. The number of hydrogen-bond acceptors (Lipinski definition) is 2. The largest absolute Gasteiger partial charge is 0.308 e. The van der Waals surface area contributed by atoms with E-state index in [0.717, 1.165) is 18.4 Å². The minimum atomic E-state index is 0.368. The molecular weight excluding hydrogens is 220 g/mol. The van der Waals surface area contributed by atoms with Crippen molar-refractivity contribution in [2.24, 2.45) is 17.3 Å². The number of rotatable bonds is 3. The Morgan fingerprint density at radius 1 is 1.28 bits per heavy atom. The highest BCUT2D eigenvalue weighted by Gasteiger charge is 2.47. The van der Waals surface area contributed by atoms with Crippen LogP contribution in [-0.2, 0) is 0 Å². The summed E-state index contributed by atoms with van der Waals surface area (Å²) in [6, 6.07) is 0.673. The van der Waals surface area contributed by atoms with Gasteiger partial charge >= 0.3 is 0 Å². The molecule has 2 atom stereocenters. The molecule has 18 heavy (non-hydrogen) atoms. The molecular formula is C16H32N2. The molecule has 2 rings (SSSR count). The fraction of sp³-hybridized carbons (Fsp3) is 1.00. The van der Waals surface area contributed by atoms with Crippen LogP contribution >= 0.6 is 0 Å². The van der Waals surface area contributed by atoms with Gasteiger partial charge in [0.25, 0.3) is 0 Å². The molecule has 1 saturated heterocycles. The minimum Gasteiger partial charge on any atom is -0.308 e. The number of nitrogens with one attached hydrogen (secondary N) is 1. The van der Waals surface area contributed by atoms with Crippen LogP contribution in [0.25, 0.3) is 0 Å². The van der Waals surface area contributed by atoms with Crippen LogP contribution in [0.15, 0.2) is 0 Å². The van der Waals surface area contributed by atoms with E-state index >= 15 is 0 Å². The van der Waals surface area contributed by atoms with E-state index < -0.39 is 0 Å². The van der Waals surface area contributed by atoms with Crippen LogP contribution in [0, 0.1) is 17.3 Å². The molecule has 2 nitrogen and oxygen atoms in total. The van der Waals surface area contributed by atoms with E-state index in [2.05, 4.69) is 51.8 Å². The van der Waals surface area contributed by atoms with Crippen molar-refractivity contribution < 1.29 is 0 Å². The van der Waals surface area contributed by atoms with E-state index in [1.165, 1.54) is 25.9 Å². The molecule has 1 N–H and O–H groups in total. The van der Waals surface area contributed by atoms with Crippen molar-refractivity contribution in [1.82, 2.24) is 10.2 Å². The molecule has 106 valence electrons. The average Bonchev–Trinajstić information content (AvgIpc) is 2.96. The van der Waals surface area contributed by atoms with Gasteiger partial charge in [0.2, 0.25) is 0 Å². The number of nitrogens with zero attached hydrogens (tertiary/aromatic N) is 1.